The lowest BCUT2D eigenvalue weighted by atomic mass is 9.87. The molecule has 0 saturated carbocycles. The average molecular weight is 464 g/mol. The van der Waals surface area contributed by atoms with Gasteiger partial charge in [0.1, 0.15) is 6.04 Å². The van der Waals surface area contributed by atoms with Crippen LogP contribution in [0, 0.1) is 0 Å². The van der Waals surface area contributed by atoms with Crippen LogP contribution >= 0.6 is 23.2 Å². The van der Waals surface area contributed by atoms with Gasteiger partial charge in [0.15, 0.2) is 0 Å². The number of nitrogens with one attached hydrogen (secondary N) is 1. The van der Waals surface area contributed by atoms with Crippen LogP contribution in [0.15, 0.2) is 65.2 Å². The number of hydrogen-bond acceptors (Lipinski definition) is 4. The Balaban J connectivity index is 1.68. The maximum Gasteiger partial charge on any atom is 0.254 e. The lowest BCUT2D eigenvalue weighted by Crippen LogP contribution is -2.14. The molecular formula is C26H23Cl2N3O. The maximum atomic E-state index is 6.39. The van der Waals surface area contributed by atoms with Gasteiger partial charge in [-0.15, -0.1) is 0 Å². The second kappa shape index (κ2) is 8.27. The van der Waals surface area contributed by atoms with Gasteiger partial charge in [0, 0.05) is 11.6 Å². The summed E-state index contributed by atoms with van der Waals surface area (Å²) in [5, 5.41) is 8.94. The van der Waals surface area contributed by atoms with Crippen LogP contribution in [0.2, 0.25) is 10.0 Å². The highest BCUT2D eigenvalue weighted by Gasteiger charge is 2.32. The third-order valence-corrected chi connectivity index (χ3v) is 6.78. The zero-order chi connectivity index (χ0) is 22.4. The van der Waals surface area contributed by atoms with Crippen molar-refractivity contribution in [2.45, 2.75) is 38.6 Å². The van der Waals surface area contributed by atoms with E-state index in [0.717, 1.165) is 11.3 Å². The summed E-state index contributed by atoms with van der Waals surface area (Å²) in [6.45, 7) is 6.66. The van der Waals surface area contributed by atoms with Crippen molar-refractivity contribution in [3.8, 4) is 11.4 Å². The SMILES string of the molecule is CC(C)c1cccc2c1NC(c1nc(-c3c(Cl)cccc3Cl)no1)c1ccccc1C2C. The molecule has 1 aromatic heterocycles. The predicted octanol–water partition coefficient (Wildman–Crippen LogP) is 7.83. The lowest BCUT2D eigenvalue weighted by Gasteiger charge is -2.21. The zero-order valence-electron chi connectivity index (χ0n) is 18.1. The summed E-state index contributed by atoms with van der Waals surface area (Å²) in [5.41, 5.74) is 6.59. The summed E-state index contributed by atoms with van der Waals surface area (Å²) in [6, 6.07) is 20.0. The van der Waals surface area contributed by atoms with E-state index in [9.17, 15) is 0 Å². The van der Waals surface area contributed by atoms with E-state index in [1.807, 2.05) is 6.07 Å². The highest BCUT2D eigenvalue weighted by atomic mass is 35.5. The van der Waals surface area contributed by atoms with Gasteiger partial charge in [-0.3, -0.25) is 0 Å². The Morgan fingerprint density at radius 3 is 2.25 bits per heavy atom. The van der Waals surface area contributed by atoms with Crippen LogP contribution < -0.4 is 5.32 Å². The molecule has 0 fully saturated rings. The number of anilines is 1. The molecule has 162 valence electrons. The van der Waals surface area contributed by atoms with E-state index >= 15 is 0 Å². The first-order valence-electron chi connectivity index (χ1n) is 10.7. The van der Waals surface area contributed by atoms with Crippen molar-refractivity contribution < 1.29 is 4.52 Å². The molecule has 1 aliphatic rings. The van der Waals surface area contributed by atoms with Gasteiger partial charge in [0.2, 0.25) is 5.82 Å². The molecule has 1 aliphatic heterocycles. The Morgan fingerprint density at radius 1 is 0.875 bits per heavy atom. The molecule has 3 aromatic carbocycles. The average Bonchev–Trinajstić information content (AvgIpc) is 3.21. The minimum Gasteiger partial charge on any atom is -0.370 e. The standard InChI is InChI=1S/C26H23Cl2N3O/c1-14(2)16-10-6-11-18-15(3)17-8-4-5-9-19(17)24(29-23(16)18)26-30-25(31-32-26)22-20(27)12-7-13-21(22)28/h4-15,24,29H,1-3H3. The summed E-state index contributed by atoms with van der Waals surface area (Å²) in [7, 11) is 0. The maximum absolute atomic E-state index is 6.39. The number of hydrogen-bond donors (Lipinski definition) is 1. The number of fused-ring (bicyclic) bond motifs is 2. The van der Waals surface area contributed by atoms with Gasteiger partial charge >= 0.3 is 0 Å². The smallest absolute Gasteiger partial charge is 0.254 e. The molecule has 2 atom stereocenters. The van der Waals surface area contributed by atoms with Crippen LogP contribution in [0.3, 0.4) is 0 Å². The van der Waals surface area contributed by atoms with Crippen LogP contribution in [-0.2, 0) is 0 Å². The van der Waals surface area contributed by atoms with Crippen LogP contribution in [-0.4, -0.2) is 10.1 Å². The Labute approximate surface area is 197 Å². The third-order valence-electron chi connectivity index (χ3n) is 6.15. The monoisotopic (exact) mass is 463 g/mol. The van der Waals surface area contributed by atoms with Gasteiger partial charge in [-0.2, -0.15) is 4.98 Å². The zero-order valence-corrected chi connectivity index (χ0v) is 19.6. The van der Waals surface area contributed by atoms with Crippen LogP contribution in [0.4, 0.5) is 5.69 Å². The molecule has 4 nitrogen and oxygen atoms in total. The summed E-state index contributed by atoms with van der Waals surface area (Å²) in [4.78, 5) is 4.73. The molecule has 0 bridgehead atoms. The Bertz CT molecular complexity index is 1280. The van der Waals surface area contributed by atoms with E-state index in [2.05, 4.69) is 67.6 Å². The summed E-state index contributed by atoms with van der Waals surface area (Å²) >= 11 is 12.8. The first-order valence-corrected chi connectivity index (χ1v) is 11.5. The van der Waals surface area contributed by atoms with Gasteiger partial charge in [-0.1, -0.05) is 97.7 Å². The fourth-order valence-electron chi connectivity index (χ4n) is 4.52. The first kappa shape index (κ1) is 21.0. The molecular weight excluding hydrogens is 441 g/mol. The summed E-state index contributed by atoms with van der Waals surface area (Å²) in [5.74, 6) is 1.44. The highest BCUT2D eigenvalue weighted by molar-refractivity contribution is 6.38. The molecule has 4 aromatic rings. The Kier molecular flexibility index (Phi) is 5.44. The molecule has 5 rings (SSSR count). The van der Waals surface area contributed by atoms with Crippen molar-refractivity contribution in [1.29, 1.82) is 0 Å². The predicted molar refractivity (Wildman–Crippen MR) is 130 cm³/mol. The minimum absolute atomic E-state index is 0.220. The fraction of sp³-hybridized carbons (Fsp3) is 0.231. The van der Waals surface area contributed by atoms with Crippen molar-refractivity contribution in [1.82, 2.24) is 10.1 Å². The van der Waals surface area contributed by atoms with E-state index < -0.39 is 0 Å². The van der Waals surface area contributed by atoms with Gasteiger partial charge in [-0.05, 0) is 40.3 Å². The molecule has 2 heterocycles. The van der Waals surface area contributed by atoms with Crippen molar-refractivity contribution in [2.75, 3.05) is 5.32 Å². The fourth-order valence-corrected chi connectivity index (χ4v) is 5.08. The molecule has 0 aliphatic carbocycles. The topological polar surface area (TPSA) is 51.0 Å². The minimum atomic E-state index is -0.294. The number of benzene rings is 3. The highest BCUT2D eigenvalue weighted by Crippen LogP contribution is 2.44. The molecule has 0 amide bonds. The van der Waals surface area contributed by atoms with Crippen LogP contribution in [0.25, 0.3) is 11.4 Å². The second-order valence-electron chi connectivity index (χ2n) is 8.45. The van der Waals surface area contributed by atoms with E-state index in [4.69, 9.17) is 32.7 Å². The van der Waals surface area contributed by atoms with Gasteiger partial charge in [0.05, 0.1) is 15.6 Å². The number of aromatic nitrogens is 2. The normalized spacial score (nSPS) is 17.4. The molecule has 0 radical (unpaired) electrons. The summed E-state index contributed by atoms with van der Waals surface area (Å²) < 4.78 is 5.79. The van der Waals surface area contributed by atoms with Gasteiger partial charge in [0.25, 0.3) is 5.89 Å². The second-order valence-corrected chi connectivity index (χ2v) is 9.26. The van der Waals surface area contributed by atoms with Gasteiger partial charge in [-0.25, -0.2) is 0 Å². The van der Waals surface area contributed by atoms with Crippen molar-refractivity contribution in [3.63, 3.8) is 0 Å². The lowest BCUT2D eigenvalue weighted by molar-refractivity contribution is 0.372. The number of nitrogens with zero attached hydrogens (tertiary/aromatic N) is 2. The van der Waals surface area contributed by atoms with Gasteiger partial charge < -0.3 is 9.84 Å². The van der Waals surface area contributed by atoms with Crippen molar-refractivity contribution >= 4 is 28.9 Å². The number of rotatable bonds is 3. The Hall–Kier alpha value is -2.82. The number of halogens is 2. The van der Waals surface area contributed by atoms with E-state index in [-0.39, 0.29) is 12.0 Å². The molecule has 2 unspecified atom stereocenters. The van der Waals surface area contributed by atoms with E-state index in [1.165, 1.54) is 16.7 Å². The van der Waals surface area contributed by atoms with Crippen LogP contribution in [0.5, 0.6) is 0 Å². The van der Waals surface area contributed by atoms with Crippen molar-refractivity contribution in [2.24, 2.45) is 0 Å². The summed E-state index contributed by atoms with van der Waals surface area (Å²) in [6.07, 6.45) is 0. The number of para-hydroxylation sites is 1. The third kappa shape index (κ3) is 3.48. The van der Waals surface area contributed by atoms with E-state index in [0.29, 0.717) is 33.2 Å². The van der Waals surface area contributed by atoms with Crippen molar-refractivity contribution in [3.05, 3.63) is 98.9 Å². The van der Waals surface area contributed by atoms with E-state index in [1.54, 1.807) is 18.2 Å². The molecule has 1 N–H and O–H groups in total. The Morgan fingerprint density at radius 2 is 1.53 bits per heavy atom. The van der Waals surface area contributed by atoms with Crippen LogP contribution in [0.1, 0.15) is 66.8 Å². The largest absolute Gasteiger partial charge is 0.370 e. The molecule has 32 heavy (non-hydrogen) atoms. The molecule has 0 spiro atoms. The first-order chi connectivity index (χ1) is 15.5. The molecule has 0 saturated heterocycles. The quantitative estimate of drug-likeness (QED) is 0.336. The molecule has 6 heteroatoms.